The Morgan fingerprint density at radius 3 is 2.24 bits per heavy atom. The molecule has 0 unspecified atom stereocenters. The van der Waals surface area contributed by atoms with Crippen LogP contribution in [0.25, 0.3) is 11.1 Å². The van der Waals surface area contributed by atoms with Crippen LogP contribution in [0.2, 0.25) is 10.0 Å². The summed E-state index contributed by atoms with van der Waals surface area (Å²) in [5, 5.41) is 1.30. The quantitative estimate of drug-likeness (QED) is 0.745. The average molecular weight is 267 g/mol. The van der Waals surface area contributed by atoms with Gasteiger partial charge in [-0.2, -0.15) is 0 Å². The second-order valence-electron chi connectivity index (χ2n) is 3.81. The minimum Gasteiger partial charge on any atom is -0.497 e. The third kappa shape index (κ3) is 2.56. The standard InChI is InChI=1S/C14H12Cl2O/c1-9-7-11(17-2)4-6-12(9)13-5-3-10(15)8-14(13)16/h3-8H,1-2H3. The number of methoxy groups -OCH3 is 1. The molecule has 0 atom stereocenters. The maximum atomic E-state index is 6.19. The third-order valence-electron chi connectivity index (χ3n) is 2.65. The van der Waals surface area contributed by atoms with E-state index in [2.05, 4.69) is 0 Å². The molecule has 0 radical (unpaired) electrons. The maximum Gasteiger partial charge on any atom is 0.119 e. The van der Waals surface area contributed by atoms with E-state index in [0.717, 1.165) is 22.4 Å². The predicted molar refractivity (Wildman–Crippen MR) is 73.2 cm³/mol. The summed E-state index contributed by atoms with van der Waals surface area (Å²) < 4.78 is 5.18. The molecule has 0 aliphatic carbocycles. The van der Waals surface area contributed by atoms with Crippen LogP contribution in [0.1, 0.15) is 5.56 Å². The second kappa shape index (κ2) is 4.99. The minimum absolute atomic E-state index is 0.643. The smallest absolute Gasteiger partial charge is 0.119 e. The molecule has 0 amide bonds. The molecular weight excluding hydrogens is 255 g/mol. The molecule has 2 aromatic rings. The molecule has 1 nitrogen and oxygen atoms in total. The first kappa shape index (κ1) is 12.3. The van der Waals surface area contributed by atoms with Crippen molar-refractivity contribution in [3.05, 3.63) is 52.0 Å². The van der Waals surface area contributed by atoms with Gasteiger partial charge in [0.15, 0.2) is 0 Å². The van der Waals surface area contributed by atoms with E-state index in [9.17, 15) is 0 Å². The fourth-order valence-electron chi connectivity index (χ4n) is 1.77. The number of rotatable bonds is 2. The fraction of sp³-hybridized carbons (Fsp3) is 0.143. The van der Waals surface area contributed by atoms with Crippen LogP contribution in [-0.2, 0) is 0 Å². The van der Waals surface area contributed by atoms with E-state index in [-0.39, 0.29) is 0 Å². The van der Waals surface area contributed by atoms with Crippen molar-refractivity contribution in [2.75, 3.05) is 7.11 Å². The van der Waals surface area contributed by atoms with E-state index < -0.39 is 0 Å². The molecule has 3 heteroatoms. The molecule has 0 N–H and O–H groups in total. The van der Waals surface area contributed by atoms with E-state index in [4.69, 9.17) is 27.9 Å². The van der Waals surface area contributed by atoms with E-state index in [0.29, 0.717) is 10.0 Å². The molecule has 88 valence electrons. The highest BCUT2D eigenvalue weighted by atomic mass is 35.5. The van der Waals surface area contributed by atoms with Crippen LogP contribution in [0.15, 0.2) is 36.4 Å². The van der Waals surface area contributed by atoms with Crippen LogP contribution in [0.5, 0.6) is 5.75 Å². The zero-order valence-corrected chi connectivity index (χ0v) is 11.1. The molecule has 0 spiro atoms. The molecule has 17 heavy (non-hydrogen) atoms. The van der Waals surface area contributed by atoms with Gasteiger partial charge >= 0.3 is 0 Å². The van der Waals surface area contributed by atoms with E-state index >= 15 is 0 Å². The van der Waals surface area contributed by atoms with Crippen LogP contribution in [0.3, 0.4) is 0 Å². The number of hydrogen-bond acceptors (Lipinski definition) is 1. The summed E-state index contributed by atoms with van der Waals surface area (Å²) in [6.45, 7) is 2.03. The van der Waals surface area contributed by atoms with Crippen molar-refractivity contribution in [1.29, 1.82) is 0 Å². The van der Waals surface area contributed by atoms with E-state index in [1.54, 1.807) is 13.2 Å². The Labute approximate surface area is 111 Å². The second-order valence-corrected chi connectivity index (χ2v) is 4.65. The fourth-order valence-corrected chi connectivity index (χ4v) is 2.28. The third-order valence-corrected chi connectivity index (χ3v) is 3.20. The van der Waals surface area contributed by atoms with Gasteiger partial charge in [0.1, 0.15) is 5.75 Å². The van der Waals surface area contributed by atoms with Gasteiger partial charge in [-0.1, -0.05) is 35.3 Å². The maximum absolute atomic E-state index is 6.19. The van der Waals surface area contributed by atoms with Gasteiger partial charge < -0.3 is 4.74 Å². The summed E-state index contributed by atoms with van der Waals surface area (Å²) in [5.41, 5.74) is 3.19. The normalized spacial score (nSPS) is 10.4. The van der Waals surface area contributed by atoms with Crippen LogP contribution in [0, 0.1) is 6.92 Å². The van der Waals surface area contributed by atoms with Crippen molar-refractivity contribution >= 4 is 23.2 Å². The first-order valence-corrected chi connectivity index (χ1v) is 5.97. The van der Waals surface area contributed by atoms with Crippen LogP contribution >= 0.6 is 23.2 Å². The van der Waals surface area contributed by atoms with E-state index in [1.165, 1.54) is 0 Å². The summed E-state index contributed by atoms with van der Waals surface area (Å²) in [4.78, 5) is 0. The van der Waals surface area contributed by atoms with Crippen molar-refractivity contribution in [2.45, 2.75) is 6.92 Å². The predicted octanol–water partition coefficient (Wildman–Crippen LogP) is 4.98. The molecule has 0 saturated carbocycles. The summed E-state index contributed by atoms with van der Waals surface area (Å²) in [7, 11) is 1.66. The molecule has 0 aliphatic heterocycles. The molecule has 2 rings (SSSR count). The Bertz CT molecular complexity index is 550. The molecule has 2 aromatic carbocycles. The number of aryl methyl sites for hydroxylation is 1. The van der Waals surface area contributed by atoms with Crippen molar-refractivity contribution in [2.24, 2.45) is 0 Å². The Morgan fingerprint density at radius 1 is 0.941 bits per heavy atom. The van der Waals surface area contributed by atoms with Gasteiger partial charge in [-0.05, 0) is 42.3 Å². The molecule has 0 aromatic heterocycles. The topological polar surface area (TPSA) is 9.23 Å². The SMILES string of the molecule is COc1ccc(-c2ccc(Cl)cc2Cl)c(C)c1. The van der Waals surface area contributed by atoms with Crippen molar-refractivity contribution in [1.82, 2.24) is 0 Å². The summed E-state index contributed by atoms with van der Waals surface area (Å²) in [6, 6.07) is 11.4. The molecule has 0 heterocycles. The van der Waals surface area contributed by atoms with Crippen LogP contribution in [0.4, 0.5) is 0 Å². The average Bonchev–Trinajstić information content (AvgIpc) is 2.30. The lowest BCUT2D eigenvalue weighted by Gasteiger charge is -2.10. The Hall–Kier alpha value is -1.18. The molecule has 0 bridgehead atoms. The highest BCUT2D eigenvalue weighted by Crippen LogP contribution is 2.33. The van der Waals surface area contributed by atoms with Gasteiger partial charge in [0.2, 0.25) is 0 Å². The number of hydrogen-bond donors (Lipinski definition) is 0. The monoisotopic (exact) mass is 266 g/mol. The summed E-state index contributed by atoms with van der Waals surface area (Å²) in [5.74, 6) is 0.844. The number of halogens is 2. The molecule has 0 aliphatic rings. The van der Waals surface area contributed by atoms with Gasteiger partial charge in [0.25, 0.3) is 0 Å². The lowest BCUT2D eigenvalue weighted by atomic mass is 10.0. The highest BCUT2D eigenvalue weighted by Gasteiger charge is 2.07. The lowest BCUT2D eigenvalue weighted by molar-refractivity contribution is 0.414. The number of ether oxygens (including phenoxy) is 1. The van der Waals surface area contributed by atoms with Gasteiger partial charge in [-0.15, -0.1) is 0 Å². The van der Waals surface area contributed by atoms with Gasteiger partial charge in [-0.3, -0.25) is 0 Å². The first-order chi connectivity index (χ1) is 8.11. The van der Waals surface area contributed by atoms with Gasteiger partial charge in [0.05, 0.1) is 7.11 Å². The summed E-state index contributed by atoms with van der Waals surface area (Å²) >= 11 is 12.1. The van der Waals surface area contributed by atoms with E-state index in [1.807, 2.05) is 37.3 Å². The molecule has 0 saturated heterocycles. The lowest BCUT2D eigenvalue weighted by Crippen LogP contribution is -1.88. The first-order valence-electron chi connectivity index (χ1n) is 5.22. The van der Waals surface area contributed by atoms with Crippen LogP contribution < -0.4 is 4.74 Å². The molecule has 0 fully saturated rings. The Morgan fingerprint density at radius 2 is 1.65 bits per heavy atom. The Kier molecular flexibility index (Phi) is 3.60. The van der Waals surface area contributed by atoms with Crippen molar-refractivity contribution < 1.29 is 4.74 Å². The minimum atomic E-state index is 0.643. The largest absolute Gasteiger partial charge is 0.497 e. The Balaban J connectivity index is 2.53. The molecular formula is C14H12Cl2O. The zero-order valence-electron chi connectivity index (χ0n) is 9.63. The van der Waals surface area contributed by atoms with Gasteiger partial charge in [0, 0.05) is 15.6 Å². The zero-order chi connectivity index (χ0) is 12.4. The van der Waals surface area contributed by atoms with Crippen LogP contribution in [-0.4, -0.2) is 7.11 Å². The van der Waals surface area contributed by atoms with Crippen molar-refractivity contribution in [3.63, 3.8) is 0 Å². The highest BCUT2D eigenvalue weighted by molar-refractivity contribution is 6.36. The van der Waals surface area contributed by atoms with Crippen molar-refractivity contribution in [3.8, 4) is 16.9 Å². The van der Waals surface area contributed by atoms with Gasteiger partial charge in [-0.25, -0.2) is 0 Å². The summed E-state index contributed by atoms with van der Waals surface area (Å²) in [6.07, 6.45) is 0. The number of benzene rings is 2.